The normalized spacial score (nSPS) is 34.1. The van der Waals surface area contributed by atoms with Crippen LogP contribution in [0.4, 0.5) is 0 Å². The maximum absolute atomic E-state index is 6.61. The number of fused-ring (bicyclic) bond motifs is 3. The van der Waals surface area contributed by atoms with Crippen LogP contribution in [-0.2, 0) is 5.41 Å². The second kappa shape index (κ2) is 4.09. The molecule has 3 atom stereocenters. The zero-order chi connectivity index (χ0) is 13.8. The van der Waals surface area contributed by atoms with Crippen molar-refractivity contribution in [2.24, 2.45) is 17.1 Å². The molecule has 3 unspecified atom stereocenters. The molecule has 0 bridgehead atoms. The summed E-state index contributed by atoms with van der Waals surface area (Å²) < 4.78 is 0. The minimum atomic E-state index is 0.281. The first kappa shape index (κ1) is 13.2. The van der Waals surface area contributed by atoms with Crippen molar-refractivity contribution in [2.45, 2.75) is 64.3 Å². The van der Waals surface area contributed by atoms with Crippen molar-refractivity contribution in [1.82, 2.24) is 0 Å². The van der Waals surface area contributed by atoms with Gasteiger partial charge in [-0.3, -0.25) is 0 Å². The predicted molar refractivity (Wildman–Crippen MR) is 81.3 cm³/mol. The minimum absolute atomic E-state index is 0.281. The second-order valence-electron chi connectivity index (χ2n) is 7.28. The molecular weight excluding hydrogens is 230 g/mol. The Labute approximate surface area is 117 Å². The van der Waals surface area contributed by atoms with Gasteiger partial charge in [-0.15, -0.1) is 0 Å². The fraction of sp³-hybridized carbons (Fsp3) is 0.667. The highest BCUT2D eigenvalue weighted by Gasteiger charge is 2.61. The third-order valence-electron chi connectivity index (χ3n) is 6.26. The van der Waals surface area contributed by atoms with Crippen LogP contribution in [0.5, 0.6) is 0 Å². The molecule has 0 spiro atoms. The first-order valence-electron chi connectivity index (χ1n) is 7.83. The molecule has 19 heavy (non-hydrogen) atoms. The molecule has 1 heteroatoms. The number of benzene rings is 1. The molecule has 0 saturated heterocycles. The van der Waals surface area contributed by atoms with E-state index in [0.29, 0.717) is 23.3 Å². The predicted octanol–water partition coefficient (Wildman–Crippen LogP) is 4.22. The minimum Gasteiger partial charge on any atom is -0.327 e. The van der Waals surface area contributed by atoms with E-state index in [1.165, 1.54) is 19.3 Å². The van der Waals surface area contributed by atoms with Crippen molar-refractivity contribution in [3.05, 3.63) is 35.4 Å². The highest BCUT2D eigenvalue weighted by atomic mass is 14.8. The highest BCUT2D eigenvalue weighted by Crippen LogP contribution is 2.66. The van der Waals surface area contributed by atoms with Gasteiger partial charge in [0.05, 0.1) is 0 Å². The molecule has 1 aromatic carbocycles. The Balaban J connectivity index is 2.13. The average molecular weight is 257 g/mol. The molecule has 0 radical (unpaired) electrons. The van der Waals surface area contributed by atoms with Gasteiger partial charge in [0.25, 0.3) is 0 Å². The standard InChI is InChI=1S/C18H27N/c1-5-18(6-2)15-12-9-7-8-10-14(12)17(3,4)11-13(15)16(18)19/h7-10,13,15-16H,5-6,11,19H2,1-4H3. The van der Waals surface area contributed by atoms with Gasteiger partial charge in [0, 0.05) is 6.04 Å². The van der Waals surface area contributed by atoms with Gasteiger partial charge in [0.15, 0.2) is 0 Å². The van der Waals surface area contributed by atoms with Crippen molar-refractivity contribution >= 4 is 0 Å². The van der Waals surface area contributed by atoms with Gasteiger partial charge < -0.3 is 5.73 Å². The summed E-state index contributed by atoms with van der Waals surface area (Å²) in [5, 5.41) is 0. The SMILES string of the molecule is CCC1(CC)C(N)C2CC(C)(C)c3ccccc3C21. The summed E-state index contributed by atoms with van der Waals surface area (Å²) in [7, 11) is 0. The summed E-state index contributed by atoms with van der Waals surface area (Å²) in [5.74, 6) is 1.38. The molecule has 0 amide bonds. The van der Waals surface area contributed by atoms with Crippen molar-refractivity contribution in [3.8, 4) is 0 Å². The lowest BCUT2D eigenvalue weighted by molar-refractivity contribution is -0.0502. The number of rotatable bonds is 2. The first-order valence-corrected chi connectivity index (χ1v) is 7.83. The van der Waals surface area contributed by atoms with Crippen molar-refractivity contribution in [3.63, 3.8) is 0 Å². The van der Waals surface area contributed by atoms with Gasteiger partial charge in [-0.2, -0.15) is 0 Å². The number of nitrogens with two attached hydrogens (primary N) is 1. The van der Waals surface area contributed by atoms with Crippen LogP contribution in [0.15, 0.2) is 24.3 Å². The molecule has 2 aliphatic carbocycles. The van der Waals surface area contributed by atoms with E-state index in [1.54, 1.807) is 11.1 Å². The van der Waals surface area contributed by atoms with Gasteiger partial charge in [0.1, 0.15) is 0 Å². The molecule has 1 fully saturated rings. The summed E-state index contributed by atoms with van der Waals surface area (Å²) >= 11 is 0. The first-order chi connectivity index (χ1) is 8.98. The Hall–Kier alpha value is -0.820. The fourth-order valence-electron chi connectivity index (χ4n) is 5.18. The molecule has 2 aliphatic rings. The van der Waals surface area contributed by atoms with E-state index in [4.69, 9.17) is 5.73 Å². The van der Waals surface area contributed by atoms with E-state index in [-0.39, 0.29) is 5.41 Å². The third kappa shape index (κ3) is 1.51. The van der Waals surface area contributed by atoms with Crippen LogP contribution >= 0.6 is 0 Å². The molecule has 1 aromatic rings. The zero-order valence-electron chi connectivity index (χ0n) is 12.7. The molecule has 2 N–H and O–H groups in total. The number of hydrogen-bond donors (Lipinski definition) is 1. The lowest BCUT2D eigenvalue weighted by Gasteiger charge is -2.65. The van der Waals surface area contributed by atoms with Gasteiger partial charge in [-0.25, -0.2) is 0 Å². The molecule has 3 rings (SSSR count). The molecular formula is C18H27N. The monoisotopic (exact) mass is 257 g/mol. The van der Waals surface area contributed by atoms with Gasteiger partial charge >= 0.3 is 0 Å². The van der Waals surface area contributed by atoms with Gasteiger partial charge in [-0.1, -0.05) is 52.0 Å². The van der Waals surface area contributed by atoms with Crippen LogP contribution in [0, 0.1) is 11.3 Å². The van der Waals surface area contributed by atoms with Crippen LogP contribution in [0.1, 0.15) is 64.0 Å². The van der Waals surface area contributed by atoms with E-state index < -0.39 is 0 Å². The van der Waals surface area contributed by atoms with Gasteiger partial charge in [0.2, 0.25) is 0 Å². The summed E-state index contributed by atoms with van der Waals surface area (Å²) in [5.41, 5.74) is 10.4. The van der Waals surface area contributed by atoms with Gasteiger partial charge in [-0.05, 0) is 53.1 Å². The molecule has 1 nitrogen and oxygen atoms in total. The maximum atomic E-state index is 6.61. The Kier molecular flexibility index (Phi) is 2.83. The summed E-state index contributed by atoms with van der Waals surface area (Å²) in [6.45, 7) is 9.41. The van der Waals surface area contributed by atoms with E-state index in [0.717, 1.165) is 0 Å². The summed E-state index contributed by atoms with van der Waals surface area (Å²) in [6.07, 6.45) is 3.67. The molecule has 0 aliphatic heterocycles. The average Bonchev–Trinajstić information content (AvgIpc) is 2.41. The Bertz CT molecular complexity index is 484. The van der Waals surface area contributed by atoms with Crippen molar-refractivity contribution in [2.75, 3.05) is 0 Å². The lowest BCUT2D eigenvalue weighted by atomic mass is 9.41. The Morgan fingerprint density at radius 3 is 2.42 bits per heavy atom. The Morgan fingerprint density at radius 2 is 1.79 bits per heavy atom. The van der Waals surface area contributed by atoms with Crippen LogP contribution in [-0.4, -0.2) is 6.04 Å². The largest absolute Gasteiger partial charge is 0.327 e. The topological polar surface area (TPSA) is 26.0 Å². The van der Waals surface area contributed by atoms with Crippen molar-refractivity contribution in [1.29, 1.82) is 0 Å². The molecule has 0 aromatic heterocycles. The van der Waals surface area contributed by atoms with Crippen LogP contribution in [0.2, 0.25) is 0 Å². The lowest BCUT2D eigenvalue weighted by Crippen LogP contribution is -2.65. The second-order valence-corrected chi connectivity index (χ2v) is 7.28. The molecule has 0 heterocycles. The molecule has 104 valence electrons. The van der Waals surface area contributed by atoms with E-state index in [2.05, 4.69) is 52.0 Å². The Morgan fingerprint density at radius 1 is 1.16 bits per heavy atom. The smallest absolute Gasteiger partial charge is 0.0136 e. The fourth-order valence-corrected chi connectivity index (χ4v) is 5.18. The summed E-state index contributed by atoms with van der Waals surface area (Å²) in [4.78, 5) is 0. The van der Waals surface area contributed by atoms with E-state index >= 15 is 0 Å². The van der Waals surface area contributed by atoms with Crippen LogP contribution in [0.3, 0.4) is 0 Å². The molecule has 1 saturated carbocycles. The highest BCUT2D eigenvalue weighted by molar-refractivity contribution is 5.44. The summed E-state index contributed by atoms with van der Waals surface area (Å²) in [6, 6.07) is 9.49. The van der Waals surface area contributed by atoms with Crippen molar-refractivity contribution < 1.29 is 0 Å². The van der Waals surface area contributed by atoms with Crippen LogP contribution in [0.25, 0.3) is 0 Å². The third-order valence-corrected chi connectivity index (χ3v) is 6.26. The van der Waals surface area contributed by atoms with Crippen LogP contribution < -0.4 is 5.73 Å². The van der Waals surface area contributed by atoms with E-state index in [9.17, 15) is 0 Å². The van der Waals surface area contributed by atoms with E-state index in [1.807, 2.05) is 0 Å². The zero-order valence-corrected chi connectivity index (χ0v) is 12.7. The maximum Gasteiger partial charge on any atom is 0.0136 e. The number of hydrogen-bond acceptors (Lipinski definition) is 1. The quantitative estimate of drug-likeness (QED) is 0.843.